The second-order valence-corrected chi connectivity index (χ2v) is 8.48. The van der Waals surface area contributed by atoms with Gasteiger partial charge in [0.2, 0.25) is 0 Å². The first kappa shape index (κ1) is 26.4. The summed E-state index contributed by atoms with van der Waals surface area (Å²) in [5.41, 5.74) is -1.00. The lowest BCUT2D eigenvalue weighted by Gasteiger charge is -2.15. The van der Waals surface area contributed by atoms with Gasteiger partial charge in [-0.3, -0.25) is 4.57 Å². The lowest BCUT2D eigenvalue weighted by Crippen LogP contribution is -2.37. The van der Waals surface area contributed by atoms with Crippen LogP contribution < -0.4 is 5.69 Å². The van der Waals surface area contributed by atoms with Crippen LogP contribution in [0.15, 0.2) is 59.5 Å². The van der Waals surface area contributed by atoms with E-state index in [-0.39, 0.29) is 30.2 Å². The first-order valence-corrected chi connectivity index (χ1v) is 10.9. The van der Waals surface area contributed by atoms with E-state index in [1.165, 1.54) is 47.3 Å². The number of nitrogens with zero attached hydrogens (tertiary/aromatic N) is 6. The van der Waals surface area contributed by atoms with Gasteiger partial charge in [0.15, 0.2) is 11.9 Å². The fourth-order valence-corrected chi connectivity index (χ4v) is 3.60. The number of alkyl halides is 6. The van der Waals surface area contributed by atoms with Gasteiger partial charge in [-0.05, 0) is 42.0 Å². The molecule has 8 nitrogen and oxygen atoms in total. The van der Waals surface area contributed by atoms with Gasteiger partial charge in [0.05, 0.1) is 31.4 Å². The summed E-state index contributed by atoms with van der Waals surface area (Å²) >= 11 is 5.86. The van der Waals surface area contributed by atoms with Crippen molar-refractivity contribution in [3.8, 4) is 11.4 Å². The Morgan fingerprint density at radius 2 is 1.70 bits per heavy atom. The zero-order valence-electron chi connectivity index (χ0n) is 18.6. The van der Waals surface area contributed by atoms with E-state index < -0.39 is 36.3 Å². The minimum atomic E-state index is -4.97. The summed E-state index contributed by atoms with van der Waals surface area (Å²) in [4.78, 5) is 12.9. The Hall–Kier alpha value is -3.65. The first-order valence-electron chi connectivity index (χ1n) is 10.5. The van der Waals surface area contributed by atoms with Crippen molar-refractivity contribution < 1.29 is 31.4 Å². The Labute approximate surface area is 209 Å². The quantitative estimate of drug-likeness (QED) is 0.354. The van der Waals surface area contributed by atoms with Crippen molar-refractivity contribution in [2.24, 2.45) is 0 Å². The standard InChI is InChI=1S/C22H17ClF6N6O2/c23-16-6-4-14(5-7-16)19-31-35(20(37)34(19)12-18(36)22(27,28)29)11-17-10-33(32-30-17)9-13-2-1-3-15(8-13)21(24,25)26/h1-8,10,18,36H,9,11-12H2. The Balaban J connectivity index is 1.61. The smallest absolute Gasteiger partial charge is 0.382 e. The van der Waals surface area contributed by atoms with Crippen molar-refractivity contribution in [3.05, 3.63) is 87.1 Å². The van der Waals surface area contributed by atoms with Gasteiger partial charge in [0.25, 0.3) is 0 Å². The average Bonchev–Trinajstić information content (AvgIpc) is 3.38. The predicted octanol–water partition coefficient (Wildman–Crippen LogP) is 4.00. The number of aromatic nitrogens is 6. The second kappa shape index (κ2) is 10.0. The molecule has 0 aliphatic heterocycles. The molecule has 0 saturated carbocycles. The summed E-state index contributed by atoms with van der Waals surface area (Å²) in [6.07, 6.45) is -10.9. The van der Waals surface area contributed by atoms with Crippen molar-refractivity contribution in [1.29, 1.82) is 0 Å². The van der Waals surface area contributed by atoms with E-state index in [0.717, 1.165) is 16.8 Å². The third kappa shape index (κ3) is 6.20. The number of hydrogen-bond donors (Lipinski definition) is 1. The summed E-state index contributed by atoms with van der Waals surface area (Å²) < 4.78 is 80.6. The van der Waals surface area contributed by atoms with Gasteiger partial charge >= 0.3 is 18.0 Å². The van der Waals surface area contributed by atoms with E-state index in [0.29, 0.717) is 15.2 Å². The zero-order chi connectivity index (χ0) is 27.0. The molecular weight excluding hydrogens is 530 g/mol. The largest absolute Gasteiger partial charge is 0.416 e. The van der Waals surface area contributed by atoms with E-state index in [2.05, 4.69) is 15.4 Å². The van der Waals surface area contributed by atoms with Gasteiger partial charge in [-0.2, -0.15) is 26.3 Å². The molecule has 2 heterocycles. The molecule has 2 aromatic heterocycles. The van der Waals surface area contributed by atoms with Crippen LogP contribution in [0, 0.1) is 0 Å². The maximum absolute atomic E-state index is 13.0. The summed E-state index contributed by atoms with van der Waals surface area (Å²) in [6, 6.07) is 10.5. The lowest BCUT2D eigenvalue weighted by atomic mass is 10.1. The van der Waals surface area contributed by atoms with Gasteiger partial charge < -0.3 is 5.11 Å². The average molecular weight is 547 g/mol. The molecule has 1 unspecified atom stereocenters. The van der Waals surface area contributed by atoms with E-state index in [9.17, 15) is 36.2 Å². The SMILES string of the molecule is O=c1n(Cc2cn(Cc3cccc(C(F)(F)F)c3)nn2)nc(-c2ccc(Cl)cc2)n1CC(O)C(F)(F)F. The number of rotatable bonds is 7. The summed E-state index contributed by atoms with van der Waals surface area (Å²) in [5.74, 6) is -0.138. The van der Waals surface area contributed by atoms with E-state index in [1.54, 1.807) is 0 Å². The fraction of sp³-hybridized carbons (Fsp3) is 0.273. The van der Waals surface area contributed by atoms with Crippen molar-refractivity contribution in [2.45, 2.75) is 38.1 Å². The normalized spacial score (nSPS) is 13.2. The van der Waals surface area contributed by atoms with Crippen LogP contribution in [0.3, 0.4) is 0 Å². The minimum absolute atomic E-state index is 0.0476. The van der Waals surface area contributed by atoms with Gasteiger partial charge in [0, 0.05) is 10.6 Å². The summed E-state index contributed by atoms with van der Waals surface area (Å²) in [6.45, 7) is -1.44. The van der Waals surface area contributed by atoms with Crippen LogP contribution >= 0.6 is 11.6 Å². The second-order valence-electron chi connectivity index (χ2n) is 8.04. The van der Waals surface area contributed by atoms with Gasteiger partial charge in [0.1, 0.15) is 5.69 Å². The molecule has 0 radical (unpaired) electrons. The molecule has 4 aromatic rings. The number of hydrogen-bond acceptors (Lipinski definition) is 5. The van der Waals surface area contributed by atoms with E-state index >= 15 is 0 Å². The van der Waals surface area contributed by atoms with Crippen LogP contribution in [-0.4, -0.2) is 46.7 Å². The topological polar surface area (TPSA) is 90.8 Å². The molecule has 0 aliphatic carbocycles. The van der Waals surface area contributed by atoms with Gasteiger partial charge in [-0.25, -0.2) is 14.2 Å². The van der Waals surface area contributed by atoms with E-state index in [4.69, 9.17) is 11.6 Å². The fourth-order valence-electron chi connectivity index (χ4n) is 3.47. The highest BCUT2D eigenvalue weighted by molar-refractivity contribution is 6.30. The molecule has 0 amide bonds. The molecule has 1 atom stereocenters. The Morgan fingerprint density at radius 1 is 1.00 bits per heavy atom. The summed E-state index contributed by atoms with van der Waals surface area (Å²) in [7, 11) is 0. The molecule has 0 aliphatic rings. The highest BCUT2D eigenvalue weighted by Crippen LogP contribution is 2.29. The minimum Gasteiger partial charge on any atom is -0.382 e. The van der Waals surface area contributed by atoms with Gasteiger partial charge in [-0.1, -0.05) is 28.9 Å². The molecular formula is C22H17ClF6N6O2. The highest BCUT2D eigenvalue weighted by Gasteiger charge is 2.39. The number of aliphatic hydroxyl groups is 1. The van der Waals surface area contributed by atoms with Crippen LogP contribution in [0.25, 0.3) is 11.4 Å². The van der Waals surface area contributed by atoms with Gasteiger partial charge in [-0.15, -0.1) is 10.2 Å². The summed E-state index contributed by atoms with van der Waals surface area (Å²) in [5, 5.41) is 21.7. The number of benzene rings is 2. The van der Waals surface area contributed by atoms with Crippen molar-refractivity contribution >= 4 is 11.6 Å². The zero-order valence-corrected chi connectivity index (χ0v) is 19.3. The van der Waals surface area contributed by atoms with Crippen LogP contribution in [0.5, 0.6) is 0 Å². The van der Waals surface area contributed by atoms with Crippen LogP contribution in [-0.2, 0) is 25.8 Å². The van der Waals surface area contributed by atoms with Crippen molar-refractivity contribution in [3.63, 3.8) is 0 Å². The third-order valence-electron chi connectivity index (χ3n) is 5.26. The molecule has 196 valence electrons. The van der Waals surface area contributed by atoms with Crippen molar-refractivity contribution in [2.75, 3.05) is 0 Å². The van der Waals surface area contributed by atoms with Crippen LogP contribution in [0.2, 0.25) is 5.02 Å². The molecule has 1 N–H and O–H groups in total. The maximum atomic E-state index is 13.0. The van der Waals surface area contributed by atoms with E-state index in [1.807, 2.05) is 0 Å². The molecule has 0 saturated heterocycles. The third-order valence-corrected chi connectivity index (χ3v) is 5.51. The predicted molar refractivity (Wildman–Crippen MR) is 119 cm³/mol. The number of halogens is 7. The van der Waals surface area contributed by atoms with Crippen LogP contribution in [0.1, 0.15) is 16.8 Å². The molecule has 0 bridgehead atoms. The number of aliphatic hydroxyl groups excluding tert-OH is 1. The van der Waals surface area contributed by atoms with Crippen LogP contribution in [0.4, 0.5) is 26.3 Å². The Bertz CT molecular complexity index is 1440. The molecule has 0 spiro atoms. The highest BCUT2D eigenvalue weighted by atomic mass is 35.5. The van der Waals surface area contributed by atoms with Crippen molar-refractivity contribution in [1.82, 2.24) is 29.3 Å². The molecule has 0 fully saturated rings. The Morgan fingerprint density at radius 3 is 2.35 bits per heavy atom. The molecule has 15 heteroatoms. The monoisotopic (exact) mass is 546 g/mol. The first-order chi connectivity index (χ1) is 17.3. The molecule has 4 rings (SSSR count). The molecule has 2 aromatic carbocycles. The maximum Gasteiger partial charge on any atom is 0.416 e. The Kier molecular flexibility index (Phi) is 7.15. The molecule has 37 heavy (non-hydrogen) atoms. The lowest BCUT2D eigenvalue weighted by molar-refractivity contribution is -0.207.